The van der Waals surface area contributed by atoms with Crippen LogP contribution in [0.2, 0.25) is 0 Å². The molecule has 0 spiro atoms. The summed E-state index contributed by atoms with van der Waals surface area (Å²) in [7, 11) is 0. The maximum Gasteiger partial charge on any atom is 0.211 e. The van der Waals surface area contributed by atoms with Crippen LogP contribution in [-0.4, -0.2) is 12.2 Å². The fraction of sp³-hybridized carbons (Fsp3) is 0. The number of hydrogen-bond acceptors (Lipinski definition) is 3. The van der Waals surface area contributed by atoms with E-state index >= 15 is 0 Å². The first-order chi connectivity index (χ1) is 5.68. The monoisotopic (exact) mass is 246 g/mol. The fourth-order valence-corrected chi connectivity index (χ4v) is 1.84. The minimum atomic E-state index is -0.0399. The van der Waals surface area contributed by atoms with Crippen molar-refractivity contribution in [3.63, 3.8) is 0 Å². The lowest BCUT2D eigenvalue weighted by Crippen LogP contribution is -2.21. The van der Waals surface area contributed by atoms with E-state index in [0.29, 0.717) is 0 Å². The Morgan fingerprint density at radius 3 is 2.75 bits per heavy atom. The summed E-state index contributed by atoms with van der Waals surface area (Å²) in [5, 5.41) is 7.12. The van der Waals surface area contributed by atoms with Gasteiger partial charge in [-0.1, -0.05) is 0 Å². The van der Waals surface area contributed by atoms with Crippen molar-refractivity contribution < 1.29 is 0 Å². The molecule has 6 heteroatoms. The van der Waals surface area contributed by atoms with Crippen molar-refractivity contribution in [1.29, 1.82) is 0 Å². The summed E-state index contributed by atoms with van der Waals surface area (Å²) in [5.74, 6) is -0.0399. The zero-order chi connectivity index (χ0) is 8.97. The molecule has 1 aromatic rings. The predicted octanol–water partition coefficient (Wildman–Crippen LogP) is 1.12. The number of nitrogens with two attached hydrogens (primary N) is 2. The minimum Gasteiger partial charge on any atom is -0.369 e. The Morgan fingerprint density at radius 1 is 1.50 bits per heavy atom. The summed E-state index contributed by atoms with van der Waals surface area (Å²) in [5.41, 5.74) is 10.1. The van der Waals surface area contributed by atoms with Crippen LogP contribution in [0.4, 0.5) is 0 Å². The highest BCUT2D eigenvalue weighted by molar-refractivity contribution is 9.11. The van der Waals surface area contributed by atoms with Gasteiger partial charge in [-0.3, -0.25) is 0 Å². The summed E-state index contributed by atoms with van der Waals surface area (Å²) < 4.78 is 1.05. The van der Waals surface area contributed by atoms with E-state index in [1.807, 2.05) is 12.1 Å². The lowest BCUT2D eigenvalue weighted by Gasteiger charge is -1.82. The first-order valence-corrected chi connectivity index (χ1v) is 4.67. The Balaban J connectivity index is 2.64. The first kappa shape index (κ1) is 9.21. The number of rotatable bonds is 2. The van der Waals surface area contributed by atoms with Gasteiger partial charge >= 0.3 is 0 Å². The number of thiophene rings is 1. The molecule has 0 bridgehead atoms. The summed E-state index contributed by atoms with van der Waals surface area (Å²) >= 11 is 4.88. The molecule has 4 N–H and O–H groups in total. The molecule has 4 nitrogen and oxygen atoms in total. The molecule has 0 aromatic carbocycles. The average molecular weight is 247 g/mol. The molecule has 0 amide bonds. The number of nitrogens with zero attached hydrogens (tertiary/aromatic N) is 2. The van der Waals surface area contributed by atoms with Crippen molar-refractivity contribution in [1.82, 2.24) is 0 Å². The van der Waals surface area contributed by atoms with Gasteiger partial charge in [0.2, 0.25) is 5.96 Å². The van der Waals surface area contributed by atoms with Gasteiger partial charge in [0.15, 0.2) is 0 Å². The van der Waals surface area contributed by atoms with Crippen molar-refractivity contribution >= 4 is 39.4 Å². The molecule has 0 saturated heterocycles. The van der Waals surface area contributed by atoms with Gasteiger partial charge < -0.3 is 11.5 Å². The number of halogens is 1. The van der Waals surface area contributed by atoms with Crippen molar-refractivity contribution in [2.24, 2.45) is 21.7 Å². The van der Waals surface area contributed by atoms with Gasteiger partial charge in [0, 0.05) is 4.88 Å². The molecule has 0 fully saturated rings. The maximum absolute atomic E-state index is 5.07. The second-order valence-corrected chi connectivity index (χ2v) is 4.41. The van der Waals surface area contributed by atoms with Crippen LogP contribution in [0.1, 0.15) is 4.88 Å². The molecule has 0 radical (unpaired) electrons. The van der Waals surface area contributed by atoms with E-state index in [1.54, 1.807) is 17.6 Å². The SMILES string of the molecule is NC(N)=N/N=C/c1ccc(Br)s1. The molecule has 64 valence electrons. The molecule has 0 atom stereocenters. The van der Waals surface area contributed by atoms with Gasteiger partial charge in [0.05, 0.1) is 10.0 Å². The lowest BCUT2D eigenvalue weighted by atomic mass is 10.5. The van der Waals surface area contributed by atoms with E-state index in [1.165, 1.54) is 0 Å². The van der Waals surface area contributed by atoms with Crippen LogP contribution < -0.4 is 11.5 Å². The van der Waals surface area contributed by atoms with Crippen molar-refractivity contribution in [3.8, 4) is 0 Å². The molecule has 1 heterocycles. The van der Waals surface area contributed by atoms with Crippen LogP contribution >= 0.6 is 27.3 Å². The third-order valence-corrected chi connectivity index (χ3v) is 2.51. The Morgan fingerprint density at radius 2 is 2.25 bits per heavy atom. The van der Waals surface area contributed by atoms with Crippen LogP contribution in [0.25, 0.3) is 0 Å². The zero-order valence-corrected chi connectivity index (χ0v) is 8.47. The van der Waals surface area contributed by atoms with Gasteiger partial charge in [-0.15, -0.1) is 16.4 Å². The predicted molar refractivity (Wildman–Crippen MR) is 55.4 cm³/mol. The molecule has 0 saturated carbocycles. The Hall–Kier alpha value is -0.880. The smallest absolute Gasteiger partial charge is 0.211 e. The first-order valence-electron chi connectivity index (χ1n) is 3.06. The zero-order valence-electron chi connectivity index (χ0n) is 6.07. The van der Waals surface area contributed by atoms with E-state index in [-0.39, 0.29) is 5.96 Å². The average Bonchev–Trinajstić information content (AvgIpc) is 2.35. The summed E-state index contributed by atoms with van der Waals surface area (Å²) in [6.07, 6.45) is 1.59. The van der Waals surface area contributed by atoms with Crippen LogP contribution in [-0.2, 0) is 0 Å². The van der Waals surface area contributed by atoms with Gasteiger partial charge in [0.25, 0.3) is 0 Å². The van der Waals surface area contributed by atoms with Crippen LogP contribution in [0.15, 0.2) is 26.1 Å². The van der Waals surface area contributed by atoms with Crippen molar-refractivity contribution in [2.45, 2.75) is 0 Å². The van der Waals surface area contributed by atoms with Gasteiger partial charge in [-0.05, 0) is 28.1 Å². The third kappa shape index (κ3) is 3.02. The summed E-state index contributed by atoms with van der Waals surface area (Å²) in [6, 6.07) is 3.85. The molecule has 0 unspecified atom stereocenters. The highest BCUT2D eigenvalue weighted by Crippen LogP contribution is 2.20. The van der Waals surface area contributed by atoms with E-state index in [4.69, 9.17) is 11.5 Å². The van der Waals surface area contributed by atoms with Crippen LogP contribution in [0.3, 0.4) is 0 Å². The van der Waals surface area contributed by atoms with E-state index < -0.39 is 0 Å². The normalized spacial score (nSPS) is 10.4. The number of hydrogen-bond donors (Lipinski definition) is 2. The summed E-state index contributed by atoms with van der Waals surface area (Å²) in [4.78, 5) is 0.992. The van der Waals surface area contributed by atoms with Gasteiger partial charge in [-0.2, -0.15) is 5.10 Å². The van der Waals surface area contributed by atoms with Gasteiger partial charge in [-0.25, -0.2) is 0 Å². The highest BCUT2D eigenvalue weighted by Gasteiger charge is 1.91. The van der Waals surface area contributed by atoms with Crippen LogP contribution in [0.5, 0.6) is 0 Å². The number of guanidine groups is 1. The van der Waals surface area contributed by atoms with E-state index in [0.717, 1.165) is 8.66 Å². The minimum absolute atomic E-state index is 0.0399. The van der Waals surface area contributed by atoms with E-state index in [2.05, 4.69) is 26.1 Å². The van der Waals surface area contributed by atoms with E-state index in [9.17, 15) is 0 Å². The largest absolute Gasteiger partial charge is 0.369 e. The molecule has 12 heavy (non-hydrogen) atoms. The molecule has 1 rings (SSSR count). The Kier molecular flexibility index (Phi) is 3.24. The Bertz CT molecular complexity index is 313. The maximum atomic E-state index is 5.07. The molecule has 0 aliphatic carbocycles. The van der Waals surface area contributed by atoms with Crippen molar-refractivity contribution in [2.75, 3.05) is 0 Å². The van der Waals surface area contributed by atoms with Crippen molar-refractivity contribution in [3.05, 3.63) is 20.8 Å². The molecule has 0 aliphatic heterocycles. The molecule has 1 aromatic heterocycles. The second-order valence-electron chi connectivity index (χ2n) is 1.91. The van der Waals surface area contributed by atoms with Gasteiger partial charge in [0.1, 0.15) is 0 Å². The lowest BCUT2D eigenvalue weighted by molar-refractivity contribution is 1.22. The van der Waals surface area contributed by atoms with Crippen LogP contribution in [0, 0.1) is 0 Å². The third-order valence-electron chi connectivity index (χ3n) is 0.952. The molecule has 0 aliphatic rings. The fourth-order valence-electron chi connectivity index (χ4n) is 0.550. The Labute approximate surface area is 82.1 Å². The summed E-state index contributed by atoms with van der Waals surface area (Å²) in [6.45, 7) is 0. The molecular weight excluding hydrogens is 240 g/mol. The quantitative estimate of drug-likeness (QED) is 0.466. The topological polar surface area (TPSA) is 76.8 Å². The standard InChI is InChI=1S/C6H7BrN4S/c7-5-2-1-4(12-5)3-10-11-6(8)9/h1-3H,(H4,8,9,11)/b10-3+. The highest BCUT2D eigenvalue weighted by atomic mass is 79.9. The second kappa shape index (κ2) is 4.22. The molecular formula is C6H7BrN4S.